The first-order chi connectivity index (χ1) is 13.1. The van der Waals surface area contributed by atoms with Gasteiger partial charge in [-0.25, -0.2) is 0 Å². The van der Waals surface area contributed by atoms with Crippen LogP contribution in [0.5, 0.6) is 0 Å². The lowest BCUT2D eigenvalue weighted by molar-refractivity contribution is 0.736. The topological polar surface area (TPSA) is 107 Å². The Morgan fingerprint density at radius 2 is 2.00 bits per heavy atom. The van der Waals surface area contributed by atoms with Gasteiger partial charge in [0.1, 0.15) is 11.6 Å². The van der Waals surface area contributed by atoms with Crippen LogP contribution in [0.25, 0.3) is 0 Å². The number of hydrogen-bond acceptors (Lipinski definition) is 8. The summed E-state index contributed by atoms with van der Waals surface area (Å²) in [5.74, 6) is 3.45. The summed E-state index contributed by atoms with van der Waals surface area (Å²) in [6.07, 6.45) is 3.33. The number of nitrogens with zero attached hydrogens (tertiary/aromatic N) is 6. The lowest BCUT2D eigenvalue weighted by Crippen LogP contribution is -2.07. The largest absolute Gasteiger partial charge is 0.368 e. The van der Waals surface area contributed by atoms with Gasteiger partial charge in [0.15, 0.2) is 5.16 Å². The Morgan fingerprint density at radius 3 is 2.78 bits per heavy atom. The molecular formula is C18H22N8S. The number of rotatable bonds is 7. The number of anilines is 3. The molecular weight excluding hydrogens is 360 g/mol. The number of para-hydroxylation sites is 1. The van der Waals surface area contributed by atoms with Crippen molar-refractivity contribution in [1.29, 1.82) is 0 Å². The first-order valence-corrected chi connectivity index (χ1v) is 10.00. The molecule has 3 aromatic rings. The highest BCUT2D eigenvalue weighted by Gasteiger charge is 2.29. The quantitative estimate of drug-likeness (QED) is 0.600. The van der Waals surface area contributed by atoms with Crippen molar-refractivity contribution in [3.63, 3.8) is 0 Å². The van der Waals surface area contributed by atoms with Crippen LogP contribution in [0.3, 0.4) is 0 Å². The second kappa shape index (κ2) is 7.51. The predicted molar refractivity (Wildman–Crippen MR) is 106 cm³/mol. The molecule has 0 amide bonds. The van der Waals surface area contributed by atoms with Crippen molar-refractivity contribution >= 4 is 29.3 Å². The highest BCUT2D eigenvalue weighted by atomic mass is 32.2. The molecule has 1 fully saturated rings. The van der Waals surface area contributed by atoms with Gasteiger partial charge in [-0.3, -0.25) is 0 Å². The number of nitrogens with one attached hydrogen (secondary N) is 1. The standard InChI is InChI=1S/C18H22N8S/c1-3-11-6-4-5-7-13(11)20-17-22-14(21-16(19)23-17)10-27-18-25-24-15(26(18)2)12-8-9-12/h4-7,12H,3,8-10H2,1-2H3,(H3,19,20,21,22,23). The molecule has 4 rings (SSSR count). The molecule has 0 spiro atoms. The molecule has 0 unspecified atom stereocenters. The third-order valence-corrected chi connectivity index (χ3v) is 5.50. The van der Waals surface area contributed by atoms with Gasteiger partial charge in [-0.2, -0.15) is 15.0 Å². The number of nitrogens with two attached hydrogens (primary N) is 1. The van der Waals surface area contributed by atoms with Crippen LogP contribution in [-0.4, -0.2) is 29.7 Å². The summed E-state index contributed by atoms with van der Waals surface area (Å²) < 4.78 is 2.06. The maximum Gasteiger partial charge on any atom is 0.232 e. The third-order valence-electron chi connectivity index (χ3n) is 4.49. The van der Waals surface area contributed by atoms with Gasteiger partial charge in [-0.15, -0.1) is 10.2 Å². The van der Waals surface area contributed by atoms with Crippen LogP contribution < -0.4 is 11.1 Å². The number of aromatic nitrogens is 6. The summed E-state index contributed by atoms with van der Waals surface area (Å²) in [5.41, 5.74) is 8.06. The first kappa shape index (κ1) is 17.7. The smallest absolute Gasteiger partial charge is 0.232 e. The number of benzene rings is 1. The predicted octanol–water partition coefficient (Wildman–Crippen LogP) is 3.06. The van der Waals surface area contributed by atoms with Crippen LogP contribution in [0.15, 0.2) is 29.4 Å². The molecule has 8 nitrogen and oxygen atoms in total. The Bertz CT molecular complexity index is 950. The zero-order valence-electron chi connectivity index (χ0n) is 15.4. The lowest BCUT2D eigenvalue weighted by atomic mass is 10.1. The van der Waals surface area contributed by atoms with Crippen molar-refractivity contribution in [2.75, 3.05) is 11.1 Å². The Morgan fingerprint density at radius 1 is 1.19 bits per heavy atom. The Hall–Kier alpha value is -2.68. The Balaban J connectivity index is 1.49. The molecule has 140 valence electrons. The molecule has 0 radical (unpaired) electrons. The minimum Gasteiger partial charge on any atom is -0.368 e. The number of nitrogen functional groups attached to an aromatic ring is 1. The minimum absolute atomic E-state index is 0.203. The molecule has 27 heavy (non-hydrogen) atoms. The summed E-state index contributed by atoms with van der Waals surface area (Å²) in [6.45, 7) is 2.11. The van der Waals surface area contributed by atoms with E-state index < -0.39 is 0 Å². The Labute approximate surface area is 162 Å². The fourth-order valence-electron chi connectivity index (χ4n) is 2.91. The molecule has 0 bridgehead atoms. The van der Waals surface area contributed by atoms with Gasteiger partial charge in [0.05, 0.1) is 5.75 Å². The van der Waals surface area contributed by atoms with Gasteiger partial charge in [0.25, 0.3) is 0 Å². The lowest BCUT2D eigenvalue weighted by Gasteiger charge is -2.10. The van der Waals surface area contributed by atoms with Crippen LogP contribution >= 0.6 is 11.8 Å². The fourth-order valence-corrected chi connectivity index (χ4v) is 3.68. The summed E-state index contributed by atoms with van der Waals surface area (Å²) >= 11 is 1.55. The summed E-state index contributed by atoms with van der Waals surface area (Å²) in [5, 5.41) is 12.7. The van der Waals surface area contributed by atoms with E-state index in [0.29, 0.717) is 23.4 Å². The molecule has 1 saturated carbocycles. The summed E-state index contributed by atoms with van der Waals surface area (Å²) in [4.78, 5) is 13.0. The van der Waals surface area contributed by atoms with Gasteiger partial charge in [-0.05, 0) is 30.9 Å². The fraction of sp³-hybridized carbons (Fsp3) is 0.389. The second-order valence-corrected chi connectivity index (χ2v) is 7.47. The van der Waals surface area contributed by atoms with Gasteiger partial charge in [0.2, 0.25) is 11.9 Å². The van der Waals surface area contributed by atoms with E-state index in [-0.39, 0.29) is 5.95 Å². The molecule has 9 heteroatoms. The number of hydrogen-bond donors (Lipinski definition) is 2. The molecule has 0 atom stereocenters. The average molecular weight is 382 g/mol. The van der Waals surface area contributed by atoms with E-state index in [1.54, 1.807) is 11.8 Å². The van der Waals surface area contributed by atoms with E-state index in [0.717, 1.165) is 23.1 Å². The SMILES string of the molecule is CCc1ccccc1Nc1nc(N)nc(CSc2nnc(C3CC3)n2C)n1. The monoisotopic (exact) mass is 382 g/mol. The van der Waals surface area contributed by atoms with Crippen molar-refractivity contribution in [3.8, 4) is 0 Å². The van der Waals surface area contributed by atoms with E-state index in [4.69, 9.17) is 5.73 Å². The van der Waals surface area contributed by atoms with Crippen LogP contribution in [0.2, 0.25) is 0 Å². The molecule has 1 aromatic carbocycles. The molecule has 1 aliphatic carbocycles. The van der Waals surface area contributed by atoms with E-state index in [1.165, 1.54) is 18.4 Å². The van der Waals surface area contributed by atoms with Crippen LogP contribution in [0, 0.1) is 0 Å². The third kappa shape index (κ3) is 4.02. The normalized spacial score (nSPS) is 13.7. The van der Waals surface area contributed by atoms with Gasteiger partial charge >= 0.3 is 0 Å². The maximum atomic E-state index is 5.89. The van der Waals surface area contributed by atoms with E-state index in [2.05, 4.69) is 48.0 Å². The van der Waals surface area contributed by atoms with Gasteiger partial charge in [-0.1, -0.05) is 36.9 Å². The van der Waals surface area contributed by atoms with Crippen molar-refractivity contribution in [2.24, 2.45) is 7.05 Å². The molecule has 1 aliphatic rings. The molecule has 2 heterocycles. The second-order valence-electron chi connectivity index (χ2n) is 6.53. The van der Waals surface area contributed by atoms with Crippen LogP contribution in [0.4, 0.5) is 17.6 Å². The van der Waals surface area contributed by atoms with Crippen molar-refractivity contribution in [1.82, 2.24) is 29.7 Å². The van der Waals surface area contributed by atoms with Crippen LogP contribution in [0.1, 0.15) is 42.9 Å². The highest BCUT2D eigenvalue weighted by Crippen LogP contribution is 2.39. The van der Waals surface area contributed by atoms with Crippen molar-refractivity contribution in [3.05, 3.63) is 41.5 Å². The van der Waals surface area contributed by atoms with E-state index in [9.17, 15) is 0 Å². The van der Waals surface area contributed by atoms with Gasteiger partial charge < -0.3 is 15.6 Å². The average Bonchev–Trinajstić information content (AvgIpc) is 3.43. The zero-order chi connectivity index (χ0) is 18.8. The maximum absolute atomic E-state index is 5.89. The first-order valence-electron chi connectivity index (χ1n) is 9.01. The number of aryl methyl sites for hydroxylation is 1. The van der Waals surface area contributed by atoms with Crippen molar-refractivity contribution in [2.45, 2.75) is 43.0 Å². The van der Waals surface area contributed by atoms with Crippen LogP contribution in [-0.2, 0) is 19.2 Å². The highest BCUT2D eigenvalue weighted by molar-refractivity contribution is 7.98. The minimum atomic E-state index is 0.203. The molecule has 0 aliphatic heterocycles. The summed E-state index contributed by atoms with van der Waals surface area (Å²) in [6, 6.07) is 8.08. The van der Waals surface area contributed by atoms with Crippen molar-refractivity contribution < 1.29 is 0 Å². The molecule has 2 aromatic heterocycles. The Kier molecular flexibility index (Phi) is 4.93. The van der Waals surface area contributed by atoms with Gasteiger partial charge in [0, 0.05) is 18.7 Å². The molecule has 0 saturated heterocycles. The summed E-state index contributed by atoms with van der Waals surface area (Å²) in [7, 11) is 2.01. The zero-order valence-corrected chi connectivity index (χ0v) is 16.2. The van der Waals surface area contributed by atoms with E-state index >= 15 is 0 Å². The molecule has 3 N–H and O–H groups in total. The van der Waals surface area contributed by atoms with E-state index in [1.807, 2.05) is 25.2 Å². The number of thioether (sulfide) groups is 1.